The van der Waals surface area contributed by atoms with Gasteiger partial charge in [0, 0.05) is 31.9 Å². The second kappa shape index (κ2) is 9.93. The van der Waals surface area contributed by atoms with E-state index in [2.05, 4.69) is 25.6 Å². The first-order valence-corrected chi connectivity index (χ1v) is 10.5. The van der Waals surface area contributed by atoms with Gasteiger partial charge in [-0.1, -0.05) is 6.42 Å². The van der Waals surface area contributed by atoms with Crippen LogP contribution in [0, 0.1) is 0 Å². The van der Waals surface area contributed by atoms with Gasteiger partial charge in [0.25, 0.3) is 0 Å². The third-order valence-corrected chi connectivity index (χ3v) is 5.38. The van der Waals surface area contributed by atoms with Crippen LogP contribution in [0.4, 0.5) is 0 Å². The molecule has 0 amide bonds. The summed E-state index contributed by atoms with van der Waals surface area (Å²) in [6.45, 7) is 7.63. The lowest BCUT2D eigenvalue weighted by Gasteiger charge is -2.33. The van der Waals surface area contributed by atoms with Crippen LogP contribution in [0.1, 0.15) is 50.5 Å². The summed E-state index contributed by atoms with van der Waals surface area (Å²) in [4.78, 5) is 7.10. The summed E-state index contributed by atoms with van der Waals surface area (Å²) in [7, 11) is 1.84. The van der Waals surface area contributed by atoms with Gasteiger partial charge in [-0.05, 0) is 51.9 Å². The molecule has 160 valence electrons. The molecule has 8 heteroatoms. The van der Waals surface area contributed by atoms with Gasteiger partial charge in [0.15, 0.2) is 5.96 Å². The molecule has 0 aliphatic carbocycles. The summed E-state index contributed by atoms with van der Waals surface area (Å²) in [6, 6.07) is 4.14. The molecule has 2 atom stereocenters. The van der Waals surface area contributed by atoms with Crippen LogP contribution in [0.5, 0.6) is 0 Å². The van der Waals surface area contributed by atoms with Crippen molar-refractivity contribution >= 4 is 5.96 Å². The van der Waals surface area contributed by atoms with Crippen LogP contribution in [0.15, 0.2) is 40.2 Å². The van der Waals surface area contributed by atoms with E-state index < -0.39 is 5.60 Å². The molecule has 3 rings (SSSR count). The molecule has 0 bridgehead atoms. The summed E-state index contributed by atoms with van der Waals surface area (Å²) < 4.78 is 7.41. The fraction of sp³-hybridized carbons (Fsp3) is 0.619. The third-order valence-electron chi connectivity index (χ3n) is 5.38. The lowest BCUT2D eigenvalue weighted by atomic mass is 10.0. The smallest absolute Gasteiger partial charge is 0.191 e. The Labute approximate surface area is 173 Å². The normalized spacial score (nSPS) is 19.0. The van der Waals surface area contributed by atoms with Gasteiger partial charge < -0.3 is 20.2 Å². The summed E-state index contributed by atoms with van der Waals surface area (Å²) in [5.41, 5.74) is -0.328. The monoisotopic (exact) mass is 402 g/mol. The minimum absolute atomic E-state index is 0.160. The average molecular weight is 403 g/mol. The Kier molecular flexibility index (Phi) is 7.33. The van der Waals surface area contributed by atoms with Gasteiger partial charge in [-0.25, -0.2) is 4.99 Å². The molecular formula is C21H34N6O2. The summed E-state index contributed by atoms with van der Waals surface area (Å²) >= 11 is 0. The van der Waals surface area contributed by atoms with Crippen molar-refractivity contribution in [2.45, 2.75) is 44.8 Å². The first kappa shape index (κ1) is 21.4. The molecule has 0 radical (unpaired) electrons. The molecule has 2 aromatic rings. The summed E-state index contributed by atoms with van der Waals surface area (Å²) in [5.74, 6) is 1.66. The average Bonchev–Trinajstić information content (AvgIpc) is 3.39. The second-order valence-corrected chi connectivity index (χ2v) is 7.88. The highest BCUT2D eigenvalue weighted by Gasteiger charge is 2.26. The SMILES string of the molecule is CCNC(=NCC(C)(O)c1cnn(C)c1)NCC(c1ccco1)N1CCCCC1. The lowest BCUT2D eigenvalue weighted by molar-refractivity contribution is 0.0671. The lowest BCUT2D eigenvalue weighted by Crippen LogP contribution is -2.45. The van der Waals surface area contributed by atoms with E-state index in [0.717, 1.165) is 31.0 Å². The molecule has 1 aliphatic heterocycles. The maximum atomic E-state index is 10.8. The fourth-order valence-electron chi connectivity index (χ4n) is 3.68. The minimum Gasteiger partial charge on any atom is -0.468 e. The van der Waals surface area contributed by atoms with Crippen molar-refractivity contribution in [2.24, 2.45) is 12.0 Å². The van der Waals surface area contributed by atoms with Crippen molar-refractivity contribution < 1.29 is 9.52 Å². The van der Waals surface area contributed by atoms with Gasteiger partial charge in [0.2, 0.25) is 0 Å². The van der Waals surface area contributed by atoms with Crippen molar-refractivity contribution in [3.8, 4) is 0 Å². The zero-order valence-electron chi connectivity index (χ0n) is 17.8. The second-order valence-electron chi connectivity index (χ2n) is 7.88. The van der Waals surface area contributed by atoms with Crippen molar-refractivity contribution in [3.05, 3.63) is 42.1 Å². The maximum absolute atomic E-state index is 10.8. The highest BCUT2D eigenvalue weighted by molar-refractivity contribution is 5.79. The number of aliphatic imine (C=N–C) groups is 1. The molecule has 0 spiro atoms. The van der Waals surface area contributed by atoms with E-state index in [-0.39, 0.29) is 12.6 Å². The van der Waals surface area contributed by atoms with E-state index in [0.29, 0.717) is 12.5 Å². The van der Waals surface area contributed by atoms with Crippen molar-refractivity contribution in [3.63, 3.8) is 0 Å². The van der Waals surface area contributed by atoms with Crippen LogP contribution in [-0.2, 0) is 12.6 Å². The highest BCUT2D eigenvalue weighted by Crippen LogP contribution is 2.24. The molecule has 3 N–H and O–H groups in total. The molecule has 1 saturated heterocycles. The Morgan fingerprint density at radius 2 is 2.14 bits per heavy atom. The molecule has 1 fully saturated rings. The van der Waals surface area contributed by atoms with Crippen LogP contribution < -0.4 is 10.6 Å². The number of hydrogen-bond donors (Lipinski definition) is 3. The Balaban J connectivity index is 1.67. The molecule has 0 aromatic carbocycles. The van der Waals surface area contributed by atoms with Crippen LogP contribution in [0.2, 0.25) is 0 Å². The van der Waals surface area contributed by atoms with Gasteiger partial charge in [0.1, 0.15) is 11.4 Å². The molecule has 2 unspecified atom stereocenters. The number of aromatic nitrogens is 2. The molecule has 8 nitrogen and oxygen atoms in total. The van der Waals surface area contributed by atoms with Gasteiger partial charge in [-0.15, -0.1) is 0 Å². The highest BCUT2D eigenvalue weighted by atomic mass is 16.3. The quantitative estimate of drug-likeness (QED) is 0.462. The van der Waals surface area contributed by atoms with Gasteiger partial charge in [-0.3, -0.25) is 9.58 Å². The zero-order chi connectivity index (χ0) is 20.7. The Morgan fingerprint density at radius 3 is 2.76 bits per heavy atom. The Morgan fingerprint density at radius 1 is 1.34 bits per heavy atom. The van der Waals surface area contributed by atoms with E-state index in [1.165, 1.54) is 19.3 Å². The molecule has 3 heterocycles. The molecule has 2 aromatic heterocycles. The number of nitrogens with one attached hydrogen (secondary N) is 2. The van der Waals surface area contributed by atoms with Gasteiger partial charge >= 0.3 is 0 Å². The Bertz CT molecular complexity index is 762. The maximum Gasteiger partial charge on any atom is 0.191 e. The predicted molar refractivity (Wildman–Crippen MR) is 114 cm³/mol. The van der Waals surface area contributed by atoms with E-state index in [9.17, 15) is 5.11 Å². The van der Waals surface area contributed by atoms with E-state index in [4.69, 9.17) is 4.42 Å². The van der Waals surface area contributed by atoms with Crippen molar-refractivity contribution in [1.29, 1.82) is 0 Å². The largest absolute Gasteiger partial charge is 0.468 e. The zero-order valence-corrected chi connectivity index (χ0v) is 17.8. The number of furan rings is 1. The summed E-state index contributed by atoms with van der Waals surface area (Å²) in [5, 5.41) is 21.7. The minimum atomic E-state index is -1.08. The molecule has 0 saturated carbocycles. The van der Waals surface area contributed by atoms with Crippen LogP contribution in [-0.4, -0.2) is 58.5 Å². The van der Waals surface area contributed by atoms with Gasteiger partial charge in [-0.2, -0.15) is 5.10 Å². The van der Waals surface area contributed by atoms with Crippen molar-refractivity contribution in [2.75, 3.05) is 32.7 Å². The van der Waals surface area contributed by atoms with Crippen molar-refractivity contribution in [1.82, 2.24) is 25.3 Å². The van der Waals surface area contributed by atoms with E-state index in [1.807, 2.05) is 32.3 Å². The first-order chi connectivity index (χ1) is 14.0. The first-order valence-electron chi connectivity index (χ1n) is 10.5. The fourth-order valence-corrected chi connectivity index (χ4v) is 3.68. The van der Waals surface area contributed by atoms with E-state index >= 15 is 0 Å². The molecule has 1 aliphatic rings. The van der Waals surface area contributed by atoms with Crippen LogP contribution in [0.3, 0.4) is 0 Å². The number of aliphatic hydroxyl groups is 1. The summed E-state index contributed by atoms with van der Waals surface area (Å²) in [6.07, 6.45) is 8.97. The van der Waals surface area contributed by atoms with E-state index in [1.54, 1.807) is 24.1 Å². The third kappa shape index (κ3) is 5.83. The predicted octanol–water partition coefficient (Wildman–Crippen LogP) is 2.00. The number of likely N-dealkylation sites (tertiary alicyclic amines) is 1. The topological polar surface area (TPSA) is 90.8 Å². The standard InChI is InChI=1S/C21H34N6O2/c1-4-22-20(24-16-21(2,28)17-13-25-26(3)15-17)23-14-18(19-9-8-12-29-19)27-10-6-5-7-11-27/h8-9,12-13,15,18,28H,4-7,10-11,14,16H2,1-3H3,(H2,22,23,24). The number of guanidine groups is 1. The Hall–Kier alpha value is -2.32. The molecular weight excluding hydrogens is 368 g/mol. The number of nitrogens with zero attached hydrogens (tertiary/aromatic N) is 4. The van der Waals surface area contributed by atoms with Gasteiger partial charge in [0.05, 0.1) is 25.0 Å². The van der Waals surface area contributed by atoms with Crippen LogP contribution in [0.25, 0.3) is 0 Å². The number of hydrogen-bond acceptors (Lipinski definition) is 5. The number of piperidine rings is 1. The number of rotatable bonds is 8. The van der Waals surface area contributed by atoms with Crippen LogP contribution >= 0.6 is 0 Å². The molecule has 29 heavy (non-hydrogen) atoms. The number of aryl methyl sites for hydroxylation is 1.